The van der Waals surface area contributed by atoms with Gasteiger partial charge in [-0.05, 0) is 30.5 Å². The van der Waals surface area contributed by atoms with Gasteiger partial charge < -0.3 is 15.4 Å². The van der Waals surface area contributed by atoms with Crippen molar-refractivity contribution in [3.63, 3.8) is 0 Å². The van der Waals surface area contributed by atoms with E-state index in [0.717, 1.165) is 19.4 Å². The number of nitrogens with one attached hydrogen (secondary N) is 2. The van der Waals surface area contributed by atoms with E-state index in [0.29, 0.717) is 12.2 Å². The number of amides is 2. The first-order valence-electron chi connectivity index (χ1n) is 7.94. The predicted molar refractivity (Wildman–Crippen MR) is 89.1 cm³/mol. The quantitative estimate of drug-likeness (QED) is 0.910. The number of urea groups is 1. The average Bonchev–Trinajstić information content (AvgIpc) is 2.62. The summed E-state index contributed by atoms with van der Waals surface area (Å²) in [5.41, 5.74) is 1.86. The molecular weight excluding hydrogens is 290 g/mol. The molecule has 120 valence electrons. The molecule has 23 heavy (non-hydrogen) atoms. The second kappa shape index (κ2) is 7.74. The molecule has 2 amide bonds. The Morgan fingerprint density at radius 3 is 2.87 bits per heavy atom. The number of ether oxygens (including phenoxy) is 1. The summed E-state index contributed by atoms with van der Waals surface area (Å²) in [5.74, 6) is 0.283. The van der Waals surface area contributed by atoms with E-state index in [1.165, 1.54) is 5.56 Å². The third-order valence-electron chi connectivity index (χ3n) is 4.02. The molecule has 1 fully saturated rings. The first kappa shape index (κ1) is 15.5. The summed E-state index contributed by atoms with van der Waals surface area (Å²) in [5, 5.41) is 5.73. The van der Waals surface area contributed by atoms with Crippen LogP contribution in [0.25, 0.3) is 0 Å². The lowest BCUT2D eigenvalue weighted by atomic mass is 9.89. The first-order chi connectivity index (χ1) is 11.3. The summed E-state index contributed by atoms with van der Waals surface area (Å²) >= 11 is 0. The largest absolute Gasteiger partial charge is 0.373 e. The van der Waals surface area contributed by atoms with Gasteiger partial charge in [-0.3, -0.25) is 4.98 Å². The second-order valence-corrected chi connectivity index (χ2v) is 5.68. The van der Waals surface area contributed by atoms with Crippen molar-refractivity contribution >= 4 is 11.7 Å². The van der Waals surface area contributed by atoms with Gasteiger partial charge in [0.2, 0.25) is 0 Å². The minimum absolute atomic E-state index is 0.0450. The summed E-state index contributed by atoms with van der Waals surface area (Å²) in [6.45, 7) is 1.36. The number of nitrogens with zero attached hydrogens (tertiary/aromatic N) is 1. The van der Waals surface area contributed by atoms with Crippen molar-refractivity contribution in [1.29, 1.82) is 0 Å². The third-order valence-corrected chi connectivity index (χ3v) is 4.02. The molecule has 0 aliphatic carbocycles. The number of hydrogen-bond donors (Lipinski definition) is 2. The highest BCUT2D eigenvalue weighted by Crippen LogP contribution is 2.33. The normalized spacial score (nSPS) is 20.7. The van der Waals surface area contributed by atoms with Crippen LogP contribution in [0.5, 0.6) is 0 Å². The monoisotopic (exact) mass is 311 g/mol. The van der Waals surface area contributed by atoms with Crippen molar-refractivity contribution in [2.75, 3.05) is 18.5 Å². The number of carbonyl (C=O) groups excluding carboxylic acids is 1. The predicted octanol–water partition coefficient (Wildman–Crippen LogP) is 3.37. The van der Waals surface area contributed by atoms with Crippen molar-refractivity contribution in [3.8, 4) is 0 Å². The minimum atomic E-state index is -0.213. The van der Waals surface area contributed by atoms with Gasteiger partial charge in [-0.2, -0.15) is 0 Å². The molecule has 0 saturated carbocycles. The van der Waals surface area contributed by atoms with E-state index in [-0.39, 0.29) is 18.1 Å². The van der Waals surface area contributed by atoms with Crippen LogP contribution < -0.4 is 10.6 Å². The molecule has 3 rings (SSSR count). The zero-order chi connectivity index (χ0) is 15.9. The number of aromatic nitrogens is 1. The Labute approximate surface area is 136 Å². The Balaban J connectivity index is 1.56. The number of benzene rings is 1. The van der Waals surface area contributed by atoms with Gasteiger partial charge in [0.05, 0.1) is 18.0 Å². The van der Waals surface area contributed by atoms with Crippen molar-refractivity contribution < 1.29 is 9.53 Å². The highest BCUT2D eigenvalue weighted by Gasteiger charge is 2.27. The molecule has 1 aliphatic rings. The molecule has 0 bridgehead atoms. The van der Waals surface area contributed by atoms with Crippen LogP contribution in [-0.4, -0.2) is 24.2 Å². The maximum absolute atomic E-state index is 12.0. The topological polar surface area (TPSA) is 63.2 Å². The molecule has 2 aromatic rings. The van der Waals surface area contributed by atoms with Crippen molar-refractivity contribution in [3.05, 3.63) is 60.4 Å². The Hall–Kier alpha value is -2.40. The van der Waals surface area contributed by atoms with Crippen LogP contribution in [0, 0.1) is 5.92 Å². The SMILES string of the molecule is O=C(NCC1CCCOC1c1ccccc1)Nc1cccnc1. The molecule has 1 aromatic heterocycles. The van der Waals surface area contributed by atoms with Gasteiger partial charge >= 0.3 is 6.03 Å². The van der Waals surface area contributed by atoms with E-state index >= 15 is 0 Å². The minimum Gasteiger partial charge on any atom is -0.373 e. The molecule has 2 N–H and O–H groups in total. The molecule has 1 aliphatic heterocycles. The van der Waals surface area contributed by atoms with Gasteiger partial charge in [-0.1, -0.05) is 30.3 Å². The van der Waals surface area contributed by atoms with E-state index in [1.54, 1.807) is 18.5 Å². The Morgan fingerprint density at radius 1 is 1.22 bits per heavy atom. The number of carbonyl (C=O) groups is 1. The fraction of sp³-hybridized carbons (Fsp3) is 0.333. The van der Waals surface area contributed by atoms with Crippen LogP contribution in [0.4, 0.5) is 10.5 Å². The zero-order valence-corrected chi connectivity index (χ0v) is 12.9. The van der Waals surface area contributed by atoms with Gasteiger partial charge in [0.25, 0.3) is 0 Å². The Kier molecular flexibility index (Phi) is 5.21. The smallest absolute Gasteiger partial charge is 0.319 e. The van der Waals surface area contributed by atoms with Gasteiger partial charge in [0, 0.05) is 25.3 Å². The Bertz CT molecular complexity index is 619. The molecule has 0 radical (unpaired) electrons. The summed E-state index contributed by atoms with van der Waals surface area (Å²) in [4.78, 5) is 16.0. The van der Waals surface area contributed by atoms with Crippen LogP contribution in [0.1, 0.15) is 24.5 Å². The highest BCUT2D eigenvalue weighted by atomic mass is 16.5. The first-order valence-corrected chi connectivity index (χ1v) is 7.94. The molecule has 2 unspecified atom stereocenters. The van der Waals surface area contributed by atoms with E-state index in [2.05, 4.69) is 27.8 Å². The standard InChI is InChI=1S/C18H21N3O2/c22-18(21-16-9-4-10-19-13-16)20-12-15-8-5-11-23-17(15)14-6-2-1-3-7-14/h1-4,6-7,9-10,13,15,17H,5,8,11-12H2,(H2,20,21,22). The molecule has 1 saturated heterocycles. The van der Waals surface area contributed by atoms with Crippen LogP contribution >= 0.6 is 0 Å². The van der Waals surface area contributed by atoms with Gasteiger partial charge in [-0.15, -0.1) is 0 Å². The molecular formula is C18H21N3O2. The van der Waals surface area contributed by atoms with Crippen molar-refractivity contribution in [2.45, 2.75) is 18.9 Å². The number of pyridine rings is 1. The average molecular weight is 311 g/mol. The van der Waals surface area contributed by atoms with Gasteiger partial charge in [0.1, 0.15) is 0 Å². The van der Waals surface area contributed by atoms with Gasteiger partial charge in [-0.25, -0.2) is 4.79 Å². The van der Waals surface area contributed by atoms with E-state index in [9.17, 15) is 4.79 Å². The van der Waals surface area contributed by atoms with Crippen LogP contribution in [0.15, 0.2) is 54.9 Å². The number of anilines is 1. The number of rotatable bonds is 4. The Morgan fingerprint density at radius 2 is 2.09 bits per heavy atom. The van der Waals surface area contributed by atoms with E-state index in [4.69, 9.17) is 4.74 Å². The molecule has 5 nitrogen and oxygen atoms in total. The maximum Gasteiger partial charge on any atom is 0.319 e. The van der Waals surface area contributed by atoms with Crippen LogP contribution in [0.3, 0.4) is 0 Å². The lowest BCUT2D eigenvalue weighted by molar-refractivity contribution is -0.0268. The van der Waals surface area contributed by atoms with E-state index in [1.807, 2.05) is 24.3 Å². The van der Waals surface area contributed by atoms with Crippen molar-refractivity contribution in [2.24, 2.45) is 5.92 Å². The fourth-order valence-corrected chi connectivity index (χ4v) is 2.90. The molecule has 0 spiro atoms. The highest BCUT2D eigenvalue weighted by molar-refractivity contribution is 5.88. The third kappa shape index (κ3) is 4.29. The lowest BCUT2D eigenvalue weighted by Gasteiger charge is -2.32. The molecule has 1 aromatic carbocycles. The van der Waals surface area contributed by atoms with E-state index < -0.39 is 0 Å². The molecule has 2 heterocycles. The van der Waals surface area contributed by atoms with Gasteiger partial charge in [0.15, 0.2) is 0 Å². The second-order valence-electron chi connectivity index (χ2n) is 5.68. The van der Waals surface area contributed by atoms with Crippen LogP contribution in [-0.2, 0) is 4.74 Å². The summed E-state index contributed by atoms with van der Waals surface area (Å²) < 4.78 is 5.95. The summed E-state index contributed by atoms with van der Waals surface area (Å²) in [7, 11) is 0. The lowest BCUT2D eigenvalue weighted by Crippen LogP contribution is -2.37. The fourth-order valence-electron chi connectivity index (χ4n) is 2.90. The number of hydrogen-bond acceptors (Lipinski definition) is 3. The van der Waals surface area contributed by atoms with Crippen molar-refractivity contribution in [1.82, 2.24) is 10.3 Å². The molecule has 5 heteroatoms. The summed E-state index contributed by atoms with van der Waals surface area (Å²) in [6.07, 6.45) is 5.42. The maximum atomic E-state index is 12.0. The van der Waals surface area contributed by atoms with Crippen LogP contribution in [0.2, 0.25) is 0 Å². The zero-order valence-electron chi connectivity index (χ0n) is 12.9. The molecule has 2 atom stereocenters. The summed E-state index contributed by atoms with van der Waals surface area (Å²) in [6, 6.07) is 13.6.